The van der Waals surface area contributed by atoms with E-state index in [1.807, 2.05) is 18.6 Å². The average molecular weight is 123 g/mol. The first-order valence-electron chi connectivity index (χ1n) is 3.11. The van der Waals surface area contributed by atoms with Crippen LogP contribution in [0.2, 0.25) is 0 Å². The minimum Gasteiger partial charge on any atom is -0.385 e. The predicted octanol–water partition coefficient (Wildman–Crippen LogP) is 1.46. The van der Waals surface area contributed by atoms with Crippen molar-refractivity contribution in [3.8, 4) is 0 Å². The van der Waals surface area contributed by atoms with Crippen molar-refractivity contribution in [1.29, 1.82) is 0 Å². The standard InChI is InChI=1S/C8H11O/c1-2-5-8(9)6-3-4-7-8/h2-4,6,9H,1,5,7H2. The molecule has 0 bridgehead atoms. The molecule has 1 nitrogen and oxygen atoms in total. The zero-order chi connectivity index (χ0) is 6.74. The van der Waals surface area contributed by atoms with Crippen LogP contribution in [0.5, 0.6) is 0 Å². The average Bonchev–Trinajstić information content (AvgIpc) is 2.16. The molecule has 0 amide bonds. The van der Waals surface area contributed by atoms with E-state index in [9.17, 15) is 5.11 Å². The lowest BCUT2D eigenvalue weighted by Gasteiger charge is -2.16. The van der Waals surface area contributed by atoms with Crippen LogP contribution in [0, 0.1) is 6.42 Å². The smallest absolute Gasteiger partial charge is 0.0867 e. The van der Waals surface area contributed by atoms with Crippen molar-refractivity contribution >= 4 is 0 Å². The van der Waals surface area contributed by atoms with E-state index in [4.69, 9.17) is 0 Å². The monoisotopic (exact) mass is 123 g/mol. The van der Waals surface area contributed by atoms with Gasteiger partial charge in [0, 0.05) is 0 Å². The summed E-state index contributed by atoms with van der Waals surface area (Å²) in [6.07, 6.45) is 8.80. The number of rotatable bonds is 2. The molecule has 1 radical (unpaired) electrons. The molecular formula is C8H11O. The van der Waals surface area contributed by atoms with Gasteiger partial charge in [-0.25, -0.2) is 0 Å². The van der Waals surface area contributed by atoms with Crippen molar-refractivity contribution in [2.24, 2.45) is 0 Å². The highest BCUT2D eigenvalue weighted by Gasteiger charge is 2.24. The minimum atomic E-state index is -0.609. The Morgan fingerprint density at radius 1 is 1.78 bits per heavy atom. The van der Waals surface area contributed by atoms with Gasteiger partial charge in [0.1, 0.15) is 0 Å². The molecule has 1 aliphatic rings. The highest BCUT2D eigenvalue weighted by atomic mass is 16.3. The Hall–Kier alpha value is -0.560. The van der Waals surface area contributed by atoms with Crippen LogP contribution in [0.25, 0.3) is 0 Å². The van der Waals surface area contributed by atoms with Crippen LogP contribution < -0.4 is 0 Å². The first kappa shape index (κ1) is 6.56. The molecule has 0 spiro atoms. The van der Waals surface area contributed by atoms with E-state index in [1.54, 1.807) is 6.08 Å². The van der Waals surface area contributed by atoms with E-state index in [-0.39, 0.29) is 0 Å². The third-order valence-electron chi connectivity index (χ3n) is 1.51. The lowest BCUT2D eigenvalue weighted by molar-refractivity contribution is 0.101. The van der Waals surface area contributed by atoms with Gasteiger partial charge in [0.2, 0.25) is 0 Å². The molecule has 0 heterocycles. The van der Waals surface area contributed by atoms with Gasteiger partial charge in [-0.05, 0) is 19.3 Å². The molecule has 1 unspecified atom stereocenters. The van der Waals surface area contributed by atoms with E-state index in [0.717, 1.165) is 6.42 Å². The van der Waals surface area contributed by atoms with Crippen molar-refractivity contribution in [3.63, 3.8) is 0 Å². The van der Waals surface area contributed by atoms with Crippen LogP contribution in [0.15, 0.2) is 24.8 Å². The molecular weight excluding hydrogens is 112 g/mol. The molecule has 0 aromatic rings. The zero-order valence-corrected chi connectivity index (χ0v) is 5.38. The Labute approximate surface area is 55.7 Å². The molecule has 49 valence electrons. The Bertz CT molecular complexity index is 138. The number of allylic oxidation sites excluding steroid dienone is 1. The van der Waals surface area contributed by atoms with E-state index < -0.39 is 5.60 Å². The van der Waals surface area contributed by atoms with Gasteiger partial charge in [-0.15, -0.1) is 6.58 Å². The number of hydrogen-bond donors (Lipinski definition) is 1. The van der Waals surface area contributed by atoms with Gasteiger partial charge in [-0.3, -0.25) is 0 Å². The fourth-order valence-corrected chi connectivity index (χ4v) is 0.989. The number of aliphatic hydroxyl groups is 1. The molecule has 1 aliphatic carbocycles. The van der Waals surface area contributed by atoms with Gasteiger partial charge in [-0.2, -0.15) is 0 Å². The van der Waals surface area contributed by atoms with E-state index in [2.05, 4.69) is 6.58 Å². The van der Waals surface area contributed by atoms with Crippen LogP contribution >= 0.6 is 0 Å². The molecule has 1 atom stereocenters. The van der Waals surface area contributed by atoms with Crippen molar-refractivity contribution in [1.82, 2.24) is 0 Å². The van der Waals surface area contributed by atoms with Crippen LogP contribution in [0.4, 0.5) is 0 Å². The van der Waals surface area contributed by atoms with Crippen molar-refractivity contribution in [2.75, 3.05) is 0 Å². The first-order valence-corrected chi connectivity index (χ1v) is 3.11. The Morgan fingerprint density at radius 2 is 2.56 bits per heavy atom. The van der Waals surface area contributed by atoms with Crippen molar-refractivity contribution in [3.05, 3.63) is 31.2 Å². The maximum absolute atomic E-state index is 9.50. The summed E-state index contributed by atoms with van der Waals surface area (Å²) < 4.78 is 0. The molecule has 1 heteroatoms. The van der Waals surface area contributed by atoms with Crippen molar-refractivity contribution < 1.29 is 5.11 Å². The third-order valence-corrected chi connectivity index (χ3v) is 1.51. The molecule has 0 aromatic carbocycles. The van der Waals surface area contributed by atoms with Gasteiger partial charge >= 0.3 is 0 Å². The molecule has 1 rings (SSSR count). The second-order valence-corrected chi connectivity index (χ2v) is 2.40. The minimum absolute atomic E-state index is 0.609. The van der Waals surface area contributed by atoms with Gasteiger partial charge in [0.15, 0.2) is 0 Å². The molecule has 1 N–H and O–H groups in total. The SMILES string of the molecule is C=CCC1(O)C=C[CH]C1. The molecule has 0 aromatic heterocycles. The molecule has 0 saturated carbocycles. The van der Waals surface area contributed by atoms with Crippen LogP contribution in [-0.2, 0) is 0 Å². The second-order valence-electron chi connectivity index (χ2n) is 2.40. The van der Waals surface area contributed by atoms with Crippen molar-refractivity contribution in [2.45, 2.75) is 18.4 Å². The van der Waals surface area contributed by atoms with Gasteiger partial charge in [0.25, 0.3) is 0 Å². The molecule has 9 heavy (non-hydrogen) atoms. The maximum Gasteiger partial charge on any atom is 0.0867 e. The van der Waals surface area contributed by atoms with Crippen LogP contribution in [-0.4, -0.2) is 10.7 Å². The Balaban J connectivity index is 2.51. The summed E-state index contributed by atoms with van der Waals surface area (Å²) in [6.45, 7) is 3.56. The summed E-state index contributed by atoms with van der Waals surface area (Å²) in [5.41, 5.74) is -0.609. The van der Waals surface area contributed by atoms with Gasteiger partial charge < -0.3 is 5.11 Å². The topological polar surface area (TPSA) is 20.2 Å². The van der Waals surface area contributed by atoms with E-state index >= 15 is 0 Å². The normalized spacial score (nSPS) is 33.0. The summed E-state index contributed by atoms with van der Waals surface area (Å²) >= 11 is 0. The fourth-order valence-electron chi connectivity index (χ4n) is 0.989. The largest absolute Gasteiger partial charge is 0.385 e. The lowest BCUT2D eigenvalue weighted by atomic mass is 10.00. The van der Waals surface area contributed by atoms with Gasteiger partial charge in [-0.1, -0.05) is 18.2 Å². The molecule has 0 saturated heterocycles. The van der Waals surface area contributed by atoms with E-state index in [0.29, 0.717) is 6.42 Å². The maximum atomic E-state index is 9.50. The summed E-state index contributed by atoms with van der Waals surface area (Å²) in [4.78, 5) is 0. The summed E-state index contributed by atoms with van der Waals surface area (Å²) in [5.74, 6) is 0. The van der Waals surface area contributed by atoms with Crippen LogP contribution in [0.3, 0.4) is 0 Å². The molecule has 0 aliphatic heterocycles. The quantitative estimate of drug-likeness (QED) is 0.551. The first-order chi connectivity index (χ1) is 4.27. The third kappa shape index (κ3) is 1.42. The molecule has 0 fully saturated rings. The highest BCUT2D eigenvalue weighted by molar-refractivity contribution is 5.18. The second kappa shape index (κ2) is 2.36. The summed E-state index contributed by atoms with van der Waals surface area (Å²) in [5, 5.41) is 9.50. The highest BCUT2D eigenvalue weighted by Crippen LogP contribution is 2.24. The Morgan fingerprint density at radius 3 is 3.00 bits per heavy atom. The summed E-state index contributed by atoms with van der Waals surface area (Å²) in [7, 11) is 0. The van der Waals surface area contributed by atoms with Crippen LogP contribution in [0.1, 0.15) is 12.8 Å². The Kier molecular flexibility index (Phi) is 1.72. The fraction of sp³-hybridized carbons (Fsp3) is 0.375. The van der Waals surface area contributed by atoms with Gasteiger partial charge in [0.05, 0.1) is 5.60 Å². The number of hydrogen-bond acceptors (Lipinski definition) is 1. The van der Waals surface area contributed by atoms with E-state index in [1.165, 1.54) is 0 Å². The zero-order valence-electron chi connectivity index (χ0n) is 5.38. The predicted molar refractivity (Wildman–Crippen MR) is 37.8 cm³/mol. The lowest BCUT2D eigenvalue weighted by Crippen LogP contribution is -2.21. The summed E-state index contributed by atoms with van der Waals surface area (Å²) in [6, 6.07) is 0.